The van der Waals surface area contributed by atoms with Gasteiger partial charge in [0.15, 0.2) is 0 Å². The lowest BCUT2D eigenvalue weighted by atomic mass is 10.1. The number of nitrogens with zero attached hydrogens (tertiary/aromatic N) is 4. The Morgan fingerprint density at radius 3 is 2.70 bits per heavy atom. The fourth-order valence-corrected chi connectivity index (χ4v) is 3.41. The number of hydrogen-bond donors (Lipinski definition) is 0. The predicted octanol–water partition coefficient (Wildman–Crippen LogP) is 5.18. The molecule has 0 atom stereocenters. The third-order valence-electron chi connectivity index (χ3n) is 4.02. The van der Waals surface area contributed by atoms with Gasteiger partial charge in [0.05, 0.1) is 18.2 Å². The molecular formula is C19H19F3N4S. The Bertz CT molecular complexity index is 920. The van der Waals surface area contributed by atoms with Gasteiger partial charge in [-0.05, 0) is 43.2 Å². The number of aliphatic imine (C=N–C) groups is 1. The molecule has 0 aliphatic carbocycles. The van der Waals surface area contributed by atoms with Gasteiger partial charge in [0.2, 0.25) is 0 Å². The van der Waals surface area contributed by atoms with E-state index in [1.807, 2.05) is 25.1 Å². The van der Waals surface area contributed by atoms with Crippen LogP contribution in [0.15, 0.2) is 33.8 Å². The van der Waals surface area contributed by atoms with Gasteiger partial charge >= 0.3 is 6.18 Å². The number of alkyl halides is 3. The summed E-state index contributed by atoms with van der Waals surface area (Å²) in [5.74, 6) is 1.38. The first-order valence-electron chi connectivity index (χ1n) is 8.14. The summed E-state index contributed by atoms with van der Waals surface area (Å²) in [6.45, 7) is 6.72. The lowest BCUT2D eigenvalue weighted by molar-refractivity contribution is -0.0912. The largest absolute Gasteiger partial charge is 0.433 e. The minimum Gasteiger partial charge on any atom is -0.331 e. The average Bonchev–Trinajstić information content (AvgIpc) is 2.88. The first-order chi connectivity index (χ1) is 12.7. The van der Waals surface area contributed by atoms with Gasteiger partial charge in [-0.15, -0.1) is 11.8 Å². The predicted molar refractivity (Wildman–Crippen MR) is 103 cm³/mol. The lowest BCUT2D eigenvalue weighted by Crippen LogP contribution is -2.09. The van der Waals surface area contributed by atoms with E-state index in [0.29, 0.717) is 17.9 Å². The first-order valence-corrected chi connectivity index (χ1v) is 9.13. The number of imidazole rings is 1. The van der Waals surface area contributed by atoms with Crippen molar-refractivity contribution in [1.29, 1.82) is 5.26 Å². The molecular weight excluding hydrogens is 373 g/mol. The summed E-state index contributed by atoms with van der Waals surface area (Å²) < 4.78 is 40.7. The maximum Gasteiger partial charge on any atom is 0.433 e. The molecule has 0 bridgehead atoms. The van der Waals surface area contributed by atoms with Gasteiger partial charge in [-0.3, -0.25) is 4.99 Å². The highest BCUT2D eigenvalue weighted by molar-refractivity contribution is 7.99. The number of allylic oxidation sites excluding steroid dienone is 1. The van der Waals surface area contributed by atoms with Gasteiger partial charge in [0.1, 0.15) is 11.5 Å². The van der Waals surface area contributed by atoms with Crippen LogP contribution in [0.5, 0.6) is 0 Å². The molecule has 0 saturated carbocycles. The lowest BCUT2D eigenvalue weighted by Gasteiger charge is -2.10. The van der Waals surface area contributed by atoms with E-state index in [0.717, 1.165) is 27.9 Å². The van der Waals surface area contributed by atoms with Crippen LogP contribution in [0.4, 0.5) is 13.2 Å². The second kappa shape index (κ2) is 8.44. The fraction of sp³-hybridized carbons (Fsp3) is 0.316. The van der Waals surface area contributed by atoms with Crippen LogP contribution in [0.1, 0.15) is 23.9 Å². The monoisotopic (exact) mass is 392 g/mol. The van der Waals surface area contributed by atoms with E-state index in [2.05, 4.69) is 22.8 Å². The maximum atomic E-state index is 13.0. The summed E-state index contributed by atoms with van der Waals surface area (Å²) >= 11 is 1.60. The van der Waals surface area contributed by atoms with E-state index in [1.165, 1.54) is 0 Å². The van der Waals surface area contributed by atoms with Crippen LogP contribution in [0.2, 0.25) is 0 Å². The zero-order valence-electron chi connectivity index (χ0n) is 15.3. The molecule has 2 rings (SSSR count). The van der Waals surface area contributed by atoms with E-state index in [9.17, 15) is 13.2 Å². The summed E-state index contributed by atoms with van der Waals surface area (Å²) in [6, 6.07) is 7.74. The van der Waals surface area contributed by atoms with E-state index in [1.54, 1.807) is 30.3 Å². The van der Waals surface area contributed by atoms with Crippen molar-refractivity contribution in [1.82, 2.24) is 9.55 Å². The first kappa shape index (κ1) is 20.8. The Morgan fingerprint density at radius 1 is 1.44 bits per heavy atom. The van der Waals surface area contributed by atoms with Crippen LogP contribution in [0, 0.1) is 18.3 Å². The van der Waals surface area contributed by atoms with Crippen molar-refractivity contribution in [3.05, 3.63) is 40.8 Å². The number of rotatable bonds is 6. The van der Waals surface area contributed by atoms with Crippen LogP contribution >= 0.6 is 11.8 Å². The van der Waals surface area contributed by atoms with Crippen molar-refractivity contribution in [3.63, 3.8) is 0 Å². The number of benzene rings is 1. The second-order valence-corrected chi connectivity index (χ2v) is 7.05. The van der Waals surface area contributed by atoms with Gasteiger partial charge in [-0.1, -0.05) is 13.0 Å². The highest BCUT2D eigenvalue weighted by Crippen LogP contribution is 2.34. The molecule has 1 heterocycles. The number of aromatic nitrogens is 2. The van der Waals surface area contributed by atoms with Crippen LogP contribution < -0.4 is 0 Å². The van der Waals surface area contributed by atoms with Gasteiger partial charge in [0, 0.05) is 23.2 Å². The zero-order valence-corrected chi connectivity index (χ0v) is 16.1. The third kappa shape index (κ3) is 4.61. The summed E-state index contributed by atoms with van der Waals surface area (Å²) in [4.78, 5) is 8.45. The molecule has 27 heavy (non-hydrogen) atoms. The molecule has 2 aromatic rings. The van der Waals surface area contributed by atoms with Crippen LogP contribution in [-0.2, 0) is 13.5 Å². The van der Waals surface area contributed by atoms with Crippen LogP contribution in [0.25, 0.3) is 17.5 Å². The number of hydrogen-bond acceptors (Lipinski definition) is 4. The quantitative estimate of drug-likeness (QED) is 0.503. The van der Waals surface area contributed by atoms with Crippen molar-refractivity contribution >= 4 is 24.6 Å². The Labute approximate surface area is 160 Å². The molecule has 0 unspecified atom stereocenters. The van der Waals surface area contributed by atoms with Crippen molar-refractivity contribution in [2.24, 2.45) is 12.0 Å². The van der Waals surface area contributed by atoms with Crippen molar-refractivity contribution in [3.8, 4) is 17.5 Å². The highest BCUT2D eigenvalue weighted by Gasteiger charge is 2.33. The standard InChI is InChI=1S/C19H19F3N4S/c1-5-27-16-10-13(8-9-23)6-7-14(16)18-25-15(12(2)26(18)4)11-17(24-3)19(20,21)22/h6-7,10-11H,3,5,8H2,1-2,4H3/b17-11-. The third-order valence-corrected chi connectivity index (χ3v) is 4.96. The topological polar surface area (TPSA) is 54.0 Å². The molecule has 0 fully saturated rings. The van der Waals surface area contributed by atoms with E-state index in [-0.39, 0.29) is 5.69 Å². The highest BCUT2D eigenvalue weighted by atomic mass is 32.2. The molecule has 0 radical (unpaired) electrons. The summed E-state index contributed by atoms with van der Waals surface area (Å²) in [5.41, 5.74) is 1.40. The normalized spacial score (nSPS) is 12.1. The van der Waals surface area contributed by atoms with E-state index >= 15 is 0 Å². The fourth-order valence-electron chi connectivity index (χ4n) is 2.55. The van der Waals surface area contributed by atoms with Crippen molar-refractivity contribution in [2.45, 2.75) is 31.3 Å². The zero-order chi connectivity index (χ0) is 20.2. The average molecular weight is 392 g/mol. The van der Waals surface area contributed by atoms with E-state index < -0.39 is 11.9 Å². The Balaban J connectivity index is 2.60. The molecule has 0 aliphatic rings. The van der Waals surface area contributed by atoms with Gasteiger partial charge in [-0.2, -0.15) is 18.4 Å². The number of thioether (sulfide) groups is 1. The molecule has 1 aromatic heterocycles. The summed E-state index contributed by atoms with van der Waals surface area (Å²) in [5, 5.41) is 8.90. The van der Waals surface area contributed by atoms with Crippen molar-refractivity contribution in [2.75, 3.05) is 5.75 Å². The summed E-state index contributed by atoms with van der Waals surface area (Å²) in [6.07, 6.45) is -3.39. The second-order valence-electron chi connectivity index (χ2n) is 5.75. The summed E-state index contributed by atoms with van der Waals surface area (Å²) in [7, 11) is 1.76. The maximum absolute atomic E-state index is 13.0. The smallest absolute Gasteiger partial charge is 0.331 e. The Kier molecular flexibility index (Phi) is 6.50. The molecule has 0 aliphatic heterocycles. The van der Waals surface area contributed by atoms with Crippen LogP contribution in [-0.4, -0.2) is 28.2 Å². The Hall–Kier alpha value is -2.53. The Morgan fingerprint density at radius 2 is 2.15 bits per heavy atom. The molecule has 0 spiro atoms. The molecule has 0 N–H and O–H groups in total. The van der Waals surface area contributed by atoms with Crippen LogP contribution in [0.3, 0.4) is 0 Å². The van der Waals surface area contributed by atoms with Gasteiger partial charge in [-0.25, -0.2) is 4.98 Å². The number of nitriles is 1. The van der Waals surface area contributed by atoms with Gasteiger partial charge < -0.3 is 4.57 Å². The molecule has 142 valence electrons. The van der Waals surface area contributed by atoms with Gasteiger partial charge in [0.25, 0.3) is 0 Å². The van der Waals surface area contributed by atoms with E-state index in [4.69, 9.17) is 5.26 Å². The minimum absolute atomic E-state index is 0.195. The van der Waals surface area contributed by atoms with Crippen molar-refractivity contribution < 1.29 is 13.2 Å². The minimum atomic E-state index is -4.59. The molecule has 4 nitrogen and oxygen atoms in total. The SMILES string of the molecule is C=N/C(=C\c1nc(-c2ccc(CC#N)cc2SCC)n(C)c1C)C(F)(F)F. The molecule has 1 aromatic carbocycles. The molecule has 0 amide bonds. The number of halogens is 3. The molecule has 0 saturated heterocycles. The molecule has 8 heteroatoms.